The number of hydrogen-bond donors (Lipinski definition) is 2. The molecule has 1 unspecified atom stereocenters. The van der Waals surface area contributed by atoms with E-state index in [4.69, 9.17) is 4.74 Å². The number of aliphatic hydroxyl groups is 1. The molecule has 0 amide bonds. The van der Waals surface area contributed by atoms with Gasteiger partial charge in [-0.2, -0.15) is 0 Å². The molecule has 0 heterocycles. The highest BCUT2D eigenvalue weighted by Gasteiger charge is 2.22. The van der Waals surface area contributed by atoms with E-state index in [0.717, 1.165) is 0 Å². The summed E-state index contributed by atoms with van der Waals surface area (Å²) in [6.07, 6.45) is -0.117. The third-order valence-corrected chi connectivity index (χ3v) is 2.26. The molecule has 2 N–H and O–H groups in total. The highest BCUT2D eigenvalue weighted by atomic mass is 16.5. The van der Waals surface area contributed by atoms with Crippen molar-refractivity contribution in [1.82, 2.24) is 5.32 Å². The minimum atomic E-state index is -0.454. The molecule has 4 nitrogen and oxygen atoms in total. The molecule has 84 valence electrons. The fourth-order valence-electron chi connectivity index (χ4n) is 0.868. The van der Waals surface area contributed by atoms with Crippen LogP contribution in [0.3, 0.4) is 0 Å². The van der Waals surface area contributed by atoms with Gasteiger partial charge < -0.3 is 15.2 Å². The second-order valence-corrected chi connectivity index (χ2v) is 3.88. The number of carbonyl (C=O) groups excluding carboxylic acids is 1. The standard InChI is InChI=1S/C10H21NO3/c1-5-14-9(13)6-7-11-10(3,4)8(2)12/h8,11-12H,5-7H2,1-4H3. The van der Waals surface area contributed by atoms with Crippen molar-refractivity contribution >= 4 is 5.97 Å². The van der Waals surface area contributed by atoms with Crippen LogP contribution >= 0.6 is 0 Å². The van der Waals surface area contributed by atoms with Crippen LogP contribution in [-0.4, -0.2) is 35.9 Å². The number of nitrogens with one attached hydrogen (secondary N) is 1. The molecule has 0 aliphatic rings. The first kappa shape index (κ1) is 13.4. The van der Waals surface area contributed by atoms with Crippen LogP contribution in [0, 0.1) is 0 Å². The first-order valence-corrected chi connectivity index (χ1v) is 4.99. The van der Waals surface area contributed by atoms with Crippen LogP contribution in [0.2, 0.25) is 0 Å². The third kappa shape index (κ3) is 5.19. The second-order valence-electron chi connectivity index (χ2n) is 3.88. The van der Waals surface area contributed by atoms with Gasteiger partial charge in [-0.1, -0.05) is 0 Å². The van der Waals surface area contributed by atoms with Crippen LogP contribution in [0.15, 0.2) is 0 Å². The van der Waals surface area contributed by atoms with Crippen molar-refractivity contribution in [2.45, 2.75) is 45.8 Å². The maximum absolute atomic E-state index is 11.0. The van der Waals surface area contributed by atoms with Crippen LogP contribution in [0.1, 0.15) is 34.1 Å². The van der Waals surface area contributed by atoms with Gasteiger partial charge in [-0.3, -0.25) is 4.79 Å². The minimum Gasteiger partial charge on any atom is -0.466 e. The fraction of sp³-hybridized carbons (Fsp3) is 0.900. The van der Waals surface area contributed by atoms with Gasteiger partial charge in [0.05, 0.1) is 19.1 Å². The van der Waals surface area contributed by atoms with Crippen molar-refractivity contribution in [3.63, 3.8) is 0 Å². The molecule has 14 heavy (non-hydrogen) atoms. The average molecular weight is 203 g/mol. The lowest BCUT2D eigenvalue weighted by Crippen LogP contribution is -2.48. The van der Waals surface area contributed by atoms with Crippen LogP contribution in [0.4, 0.5) is 0 Å². The Morgan fingerprint density at radius 1 is 1.57 bits per heavy atom. The van der Waals surface area contributed by atoms with Crippen molar-refractivity contribution in [1.29, 1.82) is 0 Å². The first-order valence-electron chi connectivity index (χ1n) is 4.99. The molecule has 0 bridgehead atoms. The summed E-state index contributed by atoms with van der Waals surface area (Å²) in [5.41, 5.74) is -0.369. The van der Waals surface area contributed by atoms with Gasteiger partial charge in [0.1, 0.15) is 0 Å². The molecule has 4 heteroatoms. The maximum Gasteiger partial charge on any atom is 0.307 e. The number of hydrogen-bond acceptors (Lipinski definition) is 4. The average Bonchev–Trinajstić information content (AvgIpc) is 2.04. The van der Waals surface area contributed by atoms with Crippen molar-refractivity contribution < 1.29 is 14.6 Å². The number of carbonyl (C=O) groups is 1. The van der Waals surface area contributed by atoms with E-state index in [2.05, 4.69) is 5.32 Å². The molecule has 0 aliphatic carbocycles. The molecule has 0 aromatic rings. The Kier molecular flexibility index (Phi) is 5.72. The summed E-state index contributed by atoms with van der Waals surface area (Å²) in [6.45, 7) is 8.23. The first-order chi connectivity index (χ1) is 6.40. The lowest BCUT2D eigenvalue weighted by molar-refractivity contribution is -0.143. The molecule has 0 aliphatic heterocycles. The predicted molar refractivity (Wildman–Crippen MR) is 55.0 cm³/mol. The van der Waals surface area contributed by atoms with Gasteiger partial charge in [0.25, 0.3) is 0 Å². The van der Waals surface area contributed by atoms with E-state index >= 15 is 0 Å². The number of ether oxygens (including phenoxy) is 1. The molecule has 0 saturated heterocycles. The molecule has 0 fully saturated rings. The highest BCUT2D eigenvalue weighted by Crippen LogP contribution is 2.07. The lowest BCUT2D eigenvalue weighted by atomic mass is 9.99. The molecular formula is C10H21NO3. The van der Waals surface area contributed by atoms with Crippen molar-refractivity contribution in [3.05, 3.63) is 0 Å². The minimum absolute atomic E-state index is 0.207. The van der Waals surface area contributed by atoms with E-state index in [0.29, 0.717) is 19.6 Å². The number of aliphatic hydroxyl groups excluding tert-OH is 1. The zero-order chi connectivity index (χ0) is 11.2. The fourth-order valence-corrected chi connectivity index (χ4v) is 0.868. The van der Waals surface area contributed by atoms with Crippen molar-refractivity contribution in [2.75, 3.05) is 13.2 Å². The predicted octanol–water partition coefficient (Wildman–Crippen LogP) is 0.689. The Balaban J connectivity index is 3.68. The van der Waals surface area contributed by atoms with Crippen molar-refractivity contribution in [3.8, 4) is 0 Å². The third-order valence-electron chi connectivity index (χ3n) is 2.26. The van der Waals surface area contributed by atoms with Crippen LogP contribution in [-0.2, 0) is 9.53 Å². The summed E-state index contributed by atoms with van der Waals surface area (Å²) >= 11 is 0. The SMILES string of the molecule is CCOC(=O)CCNC(C)(C)C(C)O. The van der Waals surface area contributed by atoms with Gasteiger partial charge in [-0.15, -0.1) is 0 Å². The zero-order valence-electron chi connectivity index (χ0n) is 9.46. The van der Waals surface area contributed by atoms with E-state index in [-0.39, 0.29) is 11.5 Å². The molecule has 0 aromatic carbocycles. The molecular weight excluding hydrogens is 182 g/mol. The van der Waals surface area contributed by atoms with Crippen molar-refractivity contribution in [2.24, 2.45) is 0 Å². The normalized spacial score (nSPS) is 13.8. The Morgan fingerprint density at radius 3 is 2.57 bits per heavy atom. The Hall–Kier alpha value is -0.610. The van der Waals surface area contributed by atoms with E-state index in [1.165, 1.54) is 0 Å². The van der Waals surface area contributed by atoms with Gasteiger partial charge >= 0.3 is 5.97 Å². The summed E-state index contributed by atoms with van der Waals surface area (Å²) in [7, 11) is 0. The number of rotatable bonds is 6. The molecule has 0 radical (unpaired) electrons. The summed E-state index contributed by atoms with van der Waals surface area (Å²) in [6, 6.07) is 0. The molecule has 0 aromatic heterocycles. The Morgan fingerprint density at radius 2 is 2.14 bits per heavy atom. The van der Waals surface area contributed by atoms with Crippen LogP contribution < -0.4 is 5.32 Å². The molecule has 1 atom stereocenters. The Labute approximate surface area is 85.6 Å². The van der Waals surface area contributed by atoms with Gasteiger partial charge in [0, 0.05) is 12.1 Å². The van der Waals surface area contributed by atoms with Gasteiger partial charge in [-0.05, 0) is 27.7 Å². The van der Waals surface area contributed by atoms with E-state index in [1.54, 1.807) is 13.8 Å². The Bertz CT molecular complexity index is 178. The zero-order valence-corrected chi connectivity index (χ0v) is 9.46. The molecule has 0 spiro atoms. The second kappa shape index (κ2) is 5.98. The monoisotopic (exact) mass is 203 g/mol. The van der Waals surface area contributed by atoms with Gasteiger partial charge in [0.15, 0.2) is 0 Å². The molecule has 0 rings (SSSR count). The largest absolute Gasteiger partial charge is 0.466 e. The number of esters is 1. The van der Waals surface area contributed by atoms with Crippen LogP contribution in [0.5, 0.6) is 0 Å². The van der Waals surface area contributed by atoms with E-state index in [9.17, 15) is 9.90 Å². The lowest BCUT2D eigenvalue weighted by Gasteiger charge is -2.29. The van der Waals surface area contributed by atoms with E-state index < -0.39 is 6.10 Å². The topological polar surface area (TPSA) is 58.6 Å². The highest BCUT2D eigenvalue weighted by molar-refractivity contribution is 5.69. The summed E-state index contributed by atoms with van der Waals surface area (Å²) in [4.78, 5) is 11.0. The van der Waals surface area contributed by atoms with Crippen LogP contribution in [0.25, 0.3) is 0 Å². The van der Waals surface area contributed by atoms with E-state index in [1.807, 2.05) is 13.8 Å². The summed E-state index contributed by atoms with van der Waals surface area (Å²) in [5, 5.41) is 12.5. The maximum atomic E-state index is 11.0. The van der Waals surface area contributed by atoms with Gasteiger partial charge in [-0.25, -0.2) is 0 Å². The quantitative estimate of drug-likeness (QED) is 0.624. The smallest absolute Gasteiger partial charge is 0.307 e. The summed E-state index contributed by atoms with van der Waals surface area (Å²) < 4.78 is 4.78. The molecule has 0 saturated carbocycles. The summed E-state index contributed by atoms with van der Waals surface area (Å²) in [5.74, 6) is -0.207. The van der Waals surface area contributed by atoms with Gasteiger partial charge in [0.2, 0.25) is 0 Å².